The Morgan fingerprint density at radius 1 is 1.24 bits per heavy atom. The topological polar surface area (TPSA) is 72.2 Å². The molecule has 21 heavy (non-hydrogen) atoms. The van der Waals surface area contributed by atoms with Crippen molar-refractivity contribution in [2.75, 3.05) is 5.32 Å². The van der Waals surface area contributed by atoms with Crippen molar-refractivity contribution < 1.29 is 9.72 Å². The highest BCUT2D eigenvalue weighted by Crippen LogP contribution is 2.22. The minimum absolute atomic E-state index is 0.0229. The van der Waals surface area contributed by atoms with Crippen molar-refractivity contribution in [2.24, 2.45) is 0 Å². The van der Waals surface area contributed by atoms with Crippen molar-refractivity contribution in [2.45, 2.75) is 12.8 Å². The molecule has 0 aromatic heterocycles. The van der Waals surface area contributed by atoms with Gasteiger partial charge in [-0.25, -0.2) is 0 Å². The first-order valence-corrected chi connectivity index (χ1v) is 6.76. The Bertz CT molecular complexity index is 684. The molecule has 0 saturated carbocycles. The number of carbonyl (C=O) groups is 1. The average molecular weight is 305 g/mol. The third-order valence-electron chi connectivity index (χ3n) is 3.03. The van der Waals surface area contributed by atoms with Gasteiger partial charge in [0.05, 0.1) is 4.92 Å². The van der Waals surface area contributed by atoms with Crippen LogP contribution in [-0.4, -0.2) is 10.8 Å². The Labute approximate surface area is 126 Å². The second-order valence-corrected chi connectivity index (χ2v) is 4.81. The molecule has 1 N–H and O–H groups in total. The zero-order chi connectivity index (χ0) is 15.4. The number of hydrogen-bond acceptors (Lipinski definition) is 3. The van der Waals surface area contributed by atoms with Crippen molar-refractivity contribution in [3.8, 4) is 0 Å². The van der Waals surface area contributed by atoms with Crippen LogP contribution in [0, 0.1) is 17.0 Å². The molecule has 0 unspecified atom stereocenters. The lowest BCUT2D eigenvalue weighted by molar-refractivity contribution is -0.385. The zero-order valence-electron chi connectivity index (χ0n) is 11.3. The van der Waals surface area contributed by atoms with Crippen molar-refractivity contribution in [1.29, 1.82) is 0 Å². The number of anilines is 1. The molecular formula is C15H13ClN2O3. The van der Waals surface area contributed by atoms with E-state index in [0.29, 0.717) is 22.7 Å². The van der Waals surface area contributed by atoms with E-state index in [2.05, 4.69) is 5.32 Å². The number of nitro groups is 1. The third-order valence-corrected chi connectivity index (χ3v) is 3.34. The number of amides is 1. The van der Waals surface area contributed by atoms with E-state index in [4.69, 9.17) is 11.6 Å². The monoisotopic (exact) mass is 304 g/mol. The van der Waals surface area contributed by atoms with Crippen LogP contribution in [0.2, 0.25) is 0 Å². The highest BCUT2D eigenvalue weighted by Gasteiger charge is 2.13. The number of halogens is 1. The maximum absolute atomic E-state index is 12.1. The van der Waals surface area contributed by atoms with Gasteiger partial charge in [-0.2, -0.15) is 0 Å². The van der Waals surface area contributed by atoms with Gasteiger partial charge in [-0.3, -0.25) is 14.9 Å². The molecule has 0 aliphatic carbocycles. The minimum Gasteiger partial charge on any atom is -0.322 e. The quantitative estimate of drug-likeness (QED) is 0.529. The van der Waals surface area contributed by atoms with Crippen LogP contribution in [0.5, 0.6) is 0 Å². The first-order chi connectivity index (χ1) is 10.0. The molecule has 2 rings (SSSR count). The van der Waals surface area contributed by atoms with Crippen LogP contribution >= 0.6 is 11.6 Å². The Morgan fingerprint density at radius 3 is 2.48 bits per heavy atom. The number of nitrogens with zero attached hydrogens (tertiary/aromatic N) is 1. The molecular weight excluding hydrogens is 292 g/mol. The molecule has 2 aromatic rings. The summed E-state index contributed by atoms with van der Waals surface area (Å²) in [5, 5.41) is 13.5. The van der Waals surface area contributed by atoms with Crippen LogP contribution in [-0.2, 0) is 5.88 Å². The van der Waals surface area contributed by atoms with Crippen molar-refractivity contribution in [3.63, 3.8) is 0 Å². The van der Waals surface area contributed by atoms with E-state index in [0.717, 1.165) is 5.56 Å². The van der Waals surface area contributed by atoms with E-state index in [1.165, 1.54) is 6.07 Å². The summed E-state index contributed by atoms with van der Waals surface area (Å²) in [6.45, 7) is 1.65. The van der Waals surface area contributed by atoms with Crippen LogP contribution in [0.15, 0.2) is 42.5 Å². The fourth-order valence-electron chi connectivity index (χ4n) is 1.83. The number of rotatable bonds is 4. The van der Waals surface area contributed by atoms with Gasteiger partial charge in [0, 0.05) is 28.8 Å². The van der Waals surface area contributed by atoms with Gasteiger partial charge in [-0.1, -0.05) is 18.2 Å². The summed E-state index contributed by atoms with van der Waals surface area (Å²) in [7, 11) is 0. The highest BCUT2D eigenvalue weighted by atomic mass is 35.5. The van der Waals surface area contributed by atoms with E-state index in [1.807, 2.05) is 0 Å². The summed E-state index contributed by atoms with van der Waals surface area (Å²) in [5.74, 6) is 0.0563. The van der Waals surface area contributed by atoms with Gasteiger partial charge in [0.25, 0.3) is 11.6 Å². The fraction of sp³-hybridized carbons (Fsp3) is 0.133. The Morgan fingerprint density at radius 2 is 1.90 bits per heavy atom. The molecule has 0 spiro atoms. The number of nitro benzene ring substituents is 1. The van der Waals surface area contributed by atoms with Crippen molar-refractivity contribution >= 4 is 28.9 Å². The lowest BCUT2D eigenvalue weighted by Crippen LogP contribution is -2.12. The van der Waals surface area contributed by atoms with Gasteiger partial charge in [0.15, 0.2) is 0 Å². The van der Waals surface area contributed by atoms with E-state index < -0.39 is 4.92 Å². The van der Waals surface area contributed by atoms with E-state index >= 15 is 0 Å². The Kier molecular flexibility index (Phi) is 4.55. The molecule has 0 bridgehead atoms. The third kappa shape index (κ3) is 3.58. The number of hydrogen-bond donors (Lipinski definition) is 1. The maximum atomic E-state index is 12.1. The molecule has 0 fully saturated rings. The second kappa shape index (κ2) is 6.37. The summed E-state index contributed by atoms with van der Waals surface area (Å²) in [6, 6.07) is 11.4. The predicted molar refractivity (Wildman–Crippen MR) is 81.8 cm³/mol. The number of carbonyl (C=O) groups excluding carboxylic acids is 1. The fourth-order valence-corrected chi connectivity index (χ4v) is 2.01. The van der Waals surface area contributed by atoms with Crippen LogP contribution in [0.25, 0.3) is 0 Å². The average Bonchev–Trinajstić information content (AvgIpc) is 2.49. The minimum atomic E-state index is -0.472. The number of nitrogens with one attached hydrogen (secondary N) is 1. The van der Waals surface area contributed by atoms with Crippen LogP contribution in [0.4, 0.5) is 11.4 Å². The standard InChI is InChI=1S/C15H13ClN2O3/c1-10-2-7-13(8-14(10)18(20)21)17-15(19)12-5-3-11(9-16)4-6-12/h2-8H,9H2,1H3,(H,17,19). The van der Waals surface area contributed by atoms with Gasteiger partial charge >= 0.3 is 0 Å². The van der Waals surface area contributed by atoms with Crippen molar-refractivity contribution in [3.05, 3.63) is 69.3 Å². The molecule has 6 heteroatoms. The molecule has 0 aliphatic rings. The molecule has 0 radical (unpaired) electrons. The number of aryl methyl sites for hydroxylation is 1. The van der Waals surface area contributed by atoms with Gasteiger partial charge in [0.1, 0.15) is 0 Å². The van der Waals surface area contributed by atoms with Gasteiger partial charge < -0.3 is 5.32 Å². The van der Waals surface area contributed by atoms with Gasteiger partial charge in [-0.05, 0) is 30.7 Å². The van der Waals surface area contributed by atoms with E-state index in [9.17, 15) is 14.9 Å². The smallest absolute Gasteiger partial charge is 0.274 e. The SMILES string of the molecule is Cc1ccc(NC(=O)c2ccc(CCl)cc2)cc1[N+](=O)[O-]. The molecule has 108 valence electrons. The second-order valence-electron chi connectivity index (χ2n) is 4.54. The largest absolute Gasteiger partial charge is 0.322 e. The zero-order valence-corrected chi connectivity index (χ0v) is 12.1. The molecule has 0 heterocycles. The van der Waals surface area contributed by atoms with E-state index in [-0.39, 0.29) is 11.6 Å². The Balaban J connectivity index is 2.19. The van der Waals surface area contributed by atoms with Crippen LogP contribution in [0.1, 0.15) is 21.5 Å². The van der Waals surface area contributed by atoms with Crippen LogP contribution < -0.4 is 5.32 Å². The number of alkyl halides is 1. The summed E-state index contributed by atoms with van der Waals surface area (Å²) >= 11 is 5.69. The van der Waals surface area contributed by atoms with E-state index in [1.54, 1.807) is 43.3 Å². The van der Waals surface area contributed by atoms with Crippen molar-refractivity contribution in [1.82, 2.24) is 0 Å². The maximum Gasteiger partial charge on any atom is 0.274 e. The Hall–Kier alpha value is -2.40. The predicted octanol–water partition coefficient (Wildman–Crippen LogP) is 3.89. The van der Waals surface area contributed by atoms with Gasteiger partial charge in [-0.15, -0.1) is 11.6 Å². The summed E-state index contributed by atoms with van der Waals surface area (Å²) in [4.78, 5) is 22.5. The lowest BCUT2D eigenvalue weighted by atomic mass is 10.1. The molecule has 5 nitrogen and oxygen atoms in total. The normalized spacial score (nSPS) is 10.2. The lowest BCUT2D eigenvalue weighted by Gasteiger charge is -2.06. The van der Waals surface area contributed by atoms with Gasteiger partial charge in [0.2, 0.25) is 0 Å². The highest BCUT2D eigenvalue weighted by molar-refractivity contribution is 6.17. The first-order valence-electron chi connectivity index (χ1n) is 6.22. The molecule has 2 aromatic carbocycles. The number of benzene rings is 2. The van der Waals surface area contributed by atoms with Crippen LogP contribution in [0.3, 0.4) is 0 Å². The molecule has 0 aliphatic heterocycles. The molecule has 0 saturated heterocycles. The molecule has 0 atom stereocenters. The summed E-state index contributed by atoms with van der Waals surface area (Å²) in [5.41, 5.74) is 2.29. The molecule has 1 amide bonds. The summed E-state index contributed by atoms with van der Waals surface area (Å²) in [6.07, 6.45) is 0. The first kappa shape index (κ1) is 15.0. The summed E-state index contributed by atoms with van der Waals surface area (Å²) < 4.78 is 0.